The third-order valence-corrected chi connectivity index (χ3v) is 2.72. The molecule has 0 amide bonds. The third-order valence-electron chi connectivity index (χ3n) is 2.23. The number of rotatable bonds is 3. The van der Waals surface area contributed by atoms with Gasteiger partial charge in [-0.1, -0.05) is 15.9 Å². The van der Waals surface area contributed by atoms with Gasteiger partial charge in [-0.15, -0.1) is 0 Å². The maximum absolute atomic E-state index is 12.7. The molecule has 1 unspecified atom stereocenters. The zero-order valence-electron chi connectivity index (χ0n) is 9.66. The Bertz CT molecular complexity index is 440. The summed E-state index contributed by atoms with van der Waals surface area (Å²) in [5, 5.41) is 2.24. The molecule has 8 heteroatoms. The van der Waals surface area contributed by atoms with Crippen LogP contribution in [0.1, 0.15) is 18.9 Å². The van der Waals surface area contributed by atoms with Gasteiger partial charge < -0.3 is 5.32 Å². The van der Waals surface area contributed by atoms with Crippen molar-refractivity contribution in [2.75, 3.05) is 5.32 Å². The molecule has 0 aliphatic carbocycles. The summed E-state index contributed by atoms with van der Waals surface area (Å²) in [7, 11) is 0. The second-order valence-corrected chi connectivity index (χ2v) is 4.97. The monoisotopic (exact) mass is 349 g/mol. The highest BCUT2D eigenvalue weighted by atomic mass is 79.9. The van der Waals surface area contributed by atoms with Gasteiger partial charge in [0.2, 0.25) is 0 Å². The van der Waals surface area contributed by atoms with Gasteiger partial charge in [-0.3, -0.25) is 0 Å². The zero-order valence-corrected chi connectivity index (χ0v) is 11.2. The third kappa shape index (κ3) is 5.30. The fraction of sp³-hybridized carbons (Fsp3) is 0.455. The summed E-state index contributed by atoms with van der Waals surface area (Å²) in [5.74, 6) is 0. The van der Waals surface area contributed by atoms with Crippen LogP contribution in [0.2, 0.25) is 0 Å². The van der Waals surface area contributed by atoms with Crippen molar-refractivity contribution in [3.63, 3.8) is 0 Å². The molecule has 0 heterocycles. The van der Waals surface area contributed by atoms with Crippen LogP contribution in [0.15, 0.2) is 22.7 Å². The van der Waals surface area contributed by atoms with Crippen molar-refractivity contribution >= 4 is 21.6 Å². The number of alkyl halides is 6. The van der Waals surface area contributed by atoms with Gasteiger partial charge in [0, 0.05) is 16.2 Å². The van der Waals surface area contributed by atoms with Crippen LogP contribution in [0, 0.1) is 0 Å². The number of hydrogen-bond acceptors (Lipinski definition) is 1. The topological polar surface area (TPSA) is 12.0 Å². The quantitative estimate of drug-likeness (QED) is 0.737. The summed E-state index contributed by atoms with van der Waals surface area (Å²) in [4.78, 5) is 0. The van der Waals surface area contributed by atoms with Crippen LogP contribution in [0.25, 0.3) is 0 Å². The molecule has 0 saturated heterocycles. The molecule has 1 atom stereocenters. The van der Waals surface area contributed by atoms with Gasteiger partial charge in [0.15, 0.2) is 0 Å². The standard InChI is InChI=1S/C11H10BrF6N/c1-6(5-10(13,14)15)19-9-3-2-7(12)4-8(9)11(16,17)18/h2-4,6,19H,5H2,1H3. The Morgan fingerprint density at radius 3 is 2.21 bits per heavy atom. The Kier molecular flexibility index (Phi) is 4.76. The number of benzene rings is 1. The molecule has 108 valence electrons. The fourth-order valence-electron chi connectivity index (χ4n) is 1.54. The molecule has 1 N–H and O–H groups in total. The van der Waals surface area contributed by atoms with Crippen molar-refractivity contribution in [1.82, 2.24) is 0 Å². The van der Waals surface area contributed by atoms with Crippen molar-refractivity contribution < 1.29 is 26.3 Å². The van der Waals surface area contributed by atoms with Crippen molar-refractivity contribution in [3.05, 3.63) is 28.2 Å². The molecule has 0 aliphatic rings. The van der Waals surface area contributed by atoms with Gasteiger partial charge in [-0.05, 0) is 25.1 Å². The molecule has 0 aliphatic heterocycles. The zero-order chi connectivity index (χ0) is 14.8. The predicted octanol–water partition coefficient (Wildman–Crippen LogP) is 5.22. The number of hydrogen-bond donors (Lipinski definition) is 1. The van der Waals surface area contributed by atoms with Crippen LogP contribution in [0.5, 0.6) is 0 Å². The Labute approximate surface area is 114 Å². The lowest BCUT2D eigenvalue weighted by Crippen LogP contribution is -2.25. The number of halogens is 7. The van der Waals surface area contributed by atoms with Crippen LogP contribution in [0.4, 0.5) is 32.0 Å². The molecule has 0 radical (unpaired) electrons. The molecule has 19 heavy (non-hydrogen) atoms. The highest BCUT2D eigenvalue weighted by Crippen LogP contribution is 2.37. The Balaban J connectivity index is 2.95. The summed E-state index contributed by atoms with van der Waals surface area (Å²) < 4.78 is 74.8. The second kappa shape index (κ2) is 5.60. The van der Waals surface area contributed by atoms with Crippen LogP contribution >= 0.6 is 15.9 Å². The van der Waals surface area contributed by atoms with Crippen molar-refractivity contribution in [2.24, 2.45) is 0 Å². The number of anilines is 1. The predicted molar refractivity (Wildman–Crippen MR) is 62.9 cm³/mol. The smallest absolute Gasteiger partial charge is 0.382 e. The van der Waals surface area contributed by atoms with Crippen LogP contribution < -0.4 is 5.32 Å². The normalized spacial score (nSPS) is 14.3. The summed E-state index contributed by atoms with van der Waals surface area (Å²) in [6.07, 6.45) is -10.3. The molecule has 0 aromatic heterocycles. The molecular weight excluding hydrogens is 340 g/mol. The van der Waals surface area contributed by atoms with Gasteiger partial charge >= 0.3 is 12.4 Å². The average Bonchev–Trinajstić information content (AvgIpc) is 2.16. The molecule has 1 aromatic rings. The van der Waals surface area contributed by atoms with E-state index < -0.39 is 30.4 Å². The minimum absolute atomic E-state index is 0.203. The SMILES string of the molecule is CC(CC(F)(F)F)Nc1ccc(Br)cc1C(F)(F)F. The van der Waals surface area contributed by atoms with E-state index in [2.05, 4.69) is 21.2 Å². The van der Waals surface area contributed by atoms with Gasteiger partial charge in [-0.25, -0.2) is 0 Å². The molecule has 1 aromatic carbocycles. The van der Waals surface area contributed by atoms with Gasteiger partial charge in [-0.2, -0.15) is 26.3 Å². The van der Waals surface area contributed by atoms with E-state index >= 15 is 0 Å². The Morgan fingerprint density at radius 2 is 1.74 bits per heavy atom. The van der Waals surface area contributed by atoms with E-state index in [4.69, 9.17) is 0 Å². The summed E-state index contributed by atoms with van der Waals surface area (Å²) in [5.41, 5.74) is -1.37. The molecule has 0 saturated carbocycles. The lowest BCUT2D eigenvalue weighted by molar-refractivity contribution is -0.137. The highest BCUT2D eigenvalue weighted by Gasteiger charge is 2.35. The van der Waals surface area contributed by atoms with E-state index in [-0.39, 0.29) is 10.2 Å². The lowest BCUT2D eigenvalue weighted by Gasteiger charge is -2.20. The fourth-order valence-corrected chi connectivity index (χ4v) is 1.90. The summed E-state index contributed by atoms with van der Waals surface area (Å²) >= 11 is 2.90. The van der Waals surface area contributed by atoms with E-state index in [1.165, 1.54) is 13.0 Å². The van der Waals surface area contributed by atoms with E-state index in [1.54, 1.807) is 0 Å². The maximum Gasteiger partial charge on any atom is 0.418 e. The Hall–Kier alpha value is -0.920. The molecule has 0 bridgehead atoms. The minimum atomic E-state index is -4.63. The first-order valence-corrected chi connectivity index (χ1v) is 5.98. The van der Waals surface area contributed by atoms with E-state index in [0.29, 0.717) is 0 Å². The highest BCUT2D eigenvalue weighted by molar-refractivity contribution is 9.10. The minimum Gasteiger partial charge on any atom is -0.382 e. The lowest BCUT2D eigenvalue weighted by atomic mass is 10.1. The van der Waals surface area contributed by atoms with Crippen molar-refractivity contribution in [3.8, 4) is 0 Å². The van der Waals surface area contributed by atoms with E-state index in [0.717, 1.165) is 12.1 Å². The largest absolute Gasteiger partial charge is 0.418 e. The molecule has 1 rings (SSSR count). The first kappa shape index (κ1) is 16.1. The van der Waals surface area contributed by atoms with E-state index in [9.17, 15) is 26.3 Å². The average molecular weight is 350 g/mol. The summed E-state index contributed by atoms with van der Waals surface area (Å²) in [6, 6.07) is 2.10. The maximum atomic E-state index is 12.7. The molecule has 0 fully saturated rings. The van der Waals surface area contributed by atoms with Crippen LogP contribution in [-0.2, 0) is 6.18 Å². The number of nitrogens with one attached hydrogen (secondary N) is 1. The first-order valence-electron chi connectivity index (χ1n) is 5.19. The van der Waals surface area contributed by atoms with Crippen molar-refractivity contribution in [1.29, 1.82) is 0 Å². The first-order chi connectivity index (χ1) is 8.49. The molecule has 0 spiro atoms. The van der Waals surface area contributed by atoms with Crippen LogP contribution in [0.3, 0.4) is 0 Å². The van der Waals surface area contributed by atoms with Crippen molar-refractivity contribution in [2.45, 2.75) is 31.7 Å². The van der Waals surface area contributed by atoms with Gasteiger partial charge in [0.1, 0.15) is 0 Å². The summed E-state index contributed by atoms with van der Waals surface area (Å²) in [6.45, 7) is 1.18. The molecule has 1 nitrogen and oxygen atoms in total. The van der Waals surface area contributed by atoms with Gasteiger partial charge in [0.05, 0.1) is 12.0 Å². The molecular formula is C11H10BrF6N. The second-order valence-electron chi connectivity index (χ2n) is 4.05. The van der Waals surface area contributed by atoms with E-state index in [1.807, 2.05) is 0 Å². The van der Waals surface area contributed by atoms with Crippen LogP contribution in [-0.4, -0.2) is 12.2 Å². The Morgan fingerprint density at radius 1 is 1.16 bits per heavy atom. The van der Waals surface area contributed by atoms with Gasteiger partial charge in [0.25, 0.3) is 0 Å².